The molecule has 1 aromatic carbocycles. The van der Waals surface area contributed by atoms with Crippen molar-refractivity contribution in [3.63, 3.8) is 0 Å². The molecule has 1 aliphatic rings. The van der Waals surface area contributed by atoms with Gasteiger partial charge >= 0.3 is 0 Å². The molecule has 0 bridgehead atoms. The van der Waals surface area contributed by atoms with Crippen molar-refractivity contribution in [3.05, 3.63) is 34.3 Å². The lowest BCUT2D eigenvalue weighted by molar-refractivity contribution is 0.0908. The smallest absolute Gasteiger partial charge is 0.176 e. The number of nitrogens with zero attached hydrogens (tertiary/aromatic N) is 1. The van der Waals surface area contributed by atoms with E-state index in [9.17, 15) is 13.2 Å². The Morgan fingerprint density at radius 2 is 2.00 bits per heavy atom. The zero-order valence-corrected chi connectivity index (χ0v) is 13.1. The van der Waals surface area contributed by atoms with Crippen LogP contribution >= 0.6 is 15.9 Å². The van der Waals surface area contributed by atoms with Crippen LogP contribution in [0.3, 0.4) is 0 Å². The van der Waals surface area contributed by atoms with E-state index in [1.54, 1.807) is 12.1 Å². The Balaban J connectivity index is 2.02. The number of Topliss-reactive ketones (excluding diaryl/α,β-unsaturated/α-hetero) is 1. The minimum absolute atomic E-state index is 0.0265. The Labute approximate surface area is 121 Å². The lowest BCUT2D eigenvalue weighted by Gasteiger charge is -2.32. The summed E-state index contributed by atoms with van der Waals surface area (Å²) in [5.41, 5.74) is 0.656. The average Bonchev–Trinajstić information content (AvgIpc) is 2.33. The summed E-state index contributed by atoms with van der Waals surface area (Å²) in [6.45, 7) is 2.57. The first kappa shape index (κ1) is 14.7. The number of carbonyl (C=O) groups is 1. The third kappa shape index (κ3) is 3.87. The highest BCUT2D eigenvalue weighted by Crippen LogP contribution is 2.14. The van der Waals surface area contributed by atoms with Crippen molar-refractivity contribution in [2.75, 3.05) is 24.6 Å². The summed E-state index contributed by atoms with van der Waals surface area (Å²) in [6.07, 6.45) is 0. The molecule has 0 saturated carbocycles. The van der Waals surface area contributed by atoms with Gasteiger partial charge in [0.15, 0.2) is 15.6 Å². The summed E-state index contributed by atoms with van der Waals surface area (Å²) >= 11 is 3.33. The van der Waals surface area contributed by atoms with Gasteiger partial charge in [0.25, 0.3) is 0 Å². The van der Waals surface area contributed by atoms with Gasteiger partial charge in [-0.15, -0.1) is 0 Å². The van der Waals surface area contributed by atoms with Gasteiger partial charge in [0, 0.05) is 22.6 Å². The number of carbonyl (C=O) groups excluding carboxylic acids is 1. The number of benzene rings is 1. The lowest BCUT2D eigenvalue weighted by Crippen LogP contribution is -2.48. The van der Waals surface area contributed by atoms with E-state index in [1.807, 2.05) is 24.0 Å². The molecule has 0 spiro atoms. The van der Waals surface area contributed by atoms with Crippen molar-refractivity contribution < 1.29 is 13.2 Å². The van der Waals surface area contributed by atoms with E-state index in [0.29, 0.717) is 12.1 Å². The fraction of sp³-hybridized carbons (Fsp3) is 0.462. The third-order valence-electron chi connectivity index (χ3n) is 3.32. The van der Waals surface area contributed by atoms with Gasteiger partial charge in [-0.3, -0.25) is 9.69 Å². The van der Waals surface area contributed by atoms with E-state index in [4.69, 9.17) is 0 Å². The van der Waals surface area contributed by atoms with E-state index in [0.717, 1.165) is 4.47 Å². The Kier molecular flexibility index (Phi) is 4.43. The number of ketones is 1. The highest BCUT2D eigenvalue weighted by Gasteiger charge is 2.29. The molecule has 0 amide bonds. The Hall–Kier alpha value is -0.720. The minimum Gasteiger partial charge on any atom is -0.293 e. The molecule has 0 N–H and O–H groups in total. The molecule has 1 heterocycles. The van der Waals surface area contributed by atoms with Crippen LogP contribution in [0.1, 0.15) is 17.3 Å². The van der Waals surface area contributed by atoms with E-state index in [2.05, 4.69) is 15.9 Å². The van der Waals surface area contributed by atoms with E-state index >= 15 is 0 Å². The van der Waals surface area contributed by atoms with Crippen LogP contribution in [0.15, 0.2) is 28.7 Å². The van der Waals surface area contributed by atoms with Crippen LogP contribution in [-0.2, 0) is 9.84 Å². The van der Waals surface area contributed by atoms with Crippen molar-refractivity contribution in [2.45, 2.75) is 13.0 Å². The third-order valence-corrected chi connectivity index (χ3v) is 5.64. The molecule has 19 heavy (non-hydrogen) atoms. The molecule has 2 rings (SSSR count). The molecule has 1 aliphatic heterocycles. The fourth-order valence-electron chi connectivity index (χ4n) is 2.18. The van der Waals surface area contributed by atoms with Gasteiger partial charge in [-0.25, -0.2) is 8.42 Å². The van der Waals surface area contributed by atoms with Gasteiger partial charge in [-0.2, -0.15) is 0 Å². The number of hydrogen-bond acceptors (Lipinski definition) is 4. The fourth-order valence-corrected chi connectivity index (χ4v) is 4.07. The second-order valence-electron chi connectivity index (χ2n) is 4.86. The van der Waals surface area contributed by atoms with E-state index in [1.165, 1.54) is 0 Å². The predicted molar refractivity (Wildman–Crippen MR) is 78.2 cm³/mol. The second kappa shape index (κ2) is 5.73. The van der Waals surface area contributed by atoms with Gasteiger partial charge in [-0.1, -0.05) is 28.1 Å². The molecule has 1 saturated heterocycles. The van der Waals surface area contributed by atoms with Gasteiger partial charge in [0.05, 0.1) is 18.1 Å². The molecule has 1 aromatic rings. The average molecular weight is 346 g/mol. The van der Waals surface area contributed by atoms with Gasteiger partial charge in [0.2, 0.25) is 0 Å². The second-order valence-corrected chi connectivity index (χ2v) is 8.01. The van der Waals surface area contributed by atoms with Crippen LogP contribution < -0.4 is 0 Å². The highest BCUT2D eigenvalue weighted by molar-refractivity contribution is 9.10. The summed E-state index contributed by atoms with van der Waals surface area (Å²) in [7, 11) is -2.93. The van der Waals surface area contributed by atoms with E-state index < -0.39 is 9.84 Å². The maximum atomic E-state index is 12.1. The number of hydrogen-bond donors (Lipinski definition) is 0. The normalized spacial score (nSPS) is 23.2. The first-order valence-electron chi connectivity index (χ1n) is 6.10. The predicted octanol–water partition coefficient (Wildman–Crippen LogP) is 1.75. The zero-order chi connectivity index (χ0) is 14.0. The molecule has 6 heteroatoms. The largest absolute Gasteiger partial charge is 0.293 e. The first-order chi connectivity index (χ1) is 8.87. The van der Waals surface area contributed by atoms with Crippen molar-refractivity contribution >= 4 is 31.6 Å². The van der Waals surface area contributed by atoms with Gasteiger partial charge in [0.1, 0.15) is 0 Å². The minimum atomic E-state index is -2.93. The lowest BCUT2D eigenvalue weighted by atomic mass is 10.1. The molecule has 0 aliphatic carbocycles. The highest BCUT2D eigenvalue weighted by atomic mass is 79.9. The summed E-state index contributed by atoms with van der Waals surface area (Å²) in [6, 6.07) is 7.11. The van der Waals surface area contributed by atoms with Crippen molar-refractivity contribution in [1.82, 2.24) is 4.90 Å². The molecule has 1 unspecified atom stereocenters. The van der Waals surface area contributed by atoms with Crippen LogP contribution in [-0.4, -0.2) is 49.7 Å². The molecule has 104 valence electrons. The van der Waals surface area contributed by atoms with Crippen molar-refractivity contribution in [3.8, 4) is 0 Å². The Morgan fingerprint density at radius 3 is 2.58 bits per heavy atom. The van der Waals surface area contributed by atoms with Crippen molar-refractivity contribution in [2.24, 2.45) is 0 Å². The van der Waals surface area contributed by atoms with Crippen LogP contribution in [0.4, 0.5) is 0 Å². The van der Waals surface area contributed by atoms with E-state index in [-0.39, 0.29) is 29.9 Å². The van der Waals surface area contributed by atoms with Crippen LogP contribution in [0.5, 0.6) is 0 Å². The maximum Gasteiger partial charge on any atom is 0.176 e. The topological polar surface area (TPSA) is 54.5 Å². The number of rotatable bonds is 3. The zero-order valence-electron chi connectivity index (χ0n) is 10.7. The van der Waals surface area contributed by atoms with Crippen molar-refractivity contribution in [1.29, 1.82) is 0 Å². The quantitative estimate of drug-likeness (QED) is 0.783. The maximum absolute atomic E-state index is 12.1. The summed E-state index contributed by atoms with van der Waals surface area (Å²) in [4.78, 5) is 14.1. The van der Waals surface area contributed by atoms with Crippen LogP contribution in [0, 0.1) is 0 Å². The molecular weight excluding hydrogens is 330 g/mol. The molecule has 1 fully saturated rings. The number of halogens is 1. The first-order valence-corrected chi connectivity index (χ1v) is 8.72. The molecule has 0 aromatic heterocycles. The molecular formula is C13H16BrNO3S. The Bertz CT molecular complexity index is 568. The Morgan fingerprint density at radius 1 is 1.37 bits per heavy atom. The summed E-state index contributed by atoms with van der Waals surface area (Å²) in [5, 5.41) is 0. The standard InChI is InChI=1S/C13H16BrNO3S/c1-10-9-19(17,18)7-6-15(10)8-13(16)11-2-4-12(14)5-3-11/h2-5,10H,6-9H2,1H3. The molecule has 4 nitrogen and oxygen atoms in total. The monoisotopic (exact) mass is 345 g/mol. The molecule has 1 atom stereocenters. The van der Waals surface area contributed by atoms with Gasteiger partial charge < -0.3 is 0 Å². The summed E-state index contributed by atoms with van der Waals surface area (Å²) in [5.74, 6) is 0.310. The van der Waals surface area contributed by atoms with Crippen LogP contribution in [0.2, 0.25) is 0 Å². The molecule has 0 radical (unpaired) electrons. The van der Waals surface area contributed by atoms with Crippen LogP contribution in [0.25, 0.3) is 0 Å². The number of sulfone groups is 1. The SMILES string of the molecule is CC1CS(=O)(=O)CCN1CC(=O)c1ccc(Br)cc1. The summed E-state index contributed by atoms with van der Waals surface area (Å²) < 4.78 is 23.9. The van der Waals surface area contributed by atoms with Gasteiger partial charge in [-0.05, 0) is 19.1 Å².